The molecular weight excluding hydrogens is 198 g/mol. The summed E-state index contributed by atoms with van der Waals surface area (Å²) in [6, 6.07) is 0.449. The van der Waals surface area contributed by atoms with Crippen molar-refractivity contribution in [2.24, 2.45) is 11.3 Å². The minimum absolute atomic E-state index is 0.317. The van der Waals surface area contributed by atoms with E-state index >= 15 is 0 Å². The predicted octanol–water partition coefficient (Wildman–Crippen LogP) is 3.26. The van der Waals surface area contributed by atoms with Crippen LogP contribution in [0.15, 0.2) is 0 Å². The van der Waals surface area contributed by atoms with Crippen LogP contribution in [0.25, 0.3) is 0 Å². The summed E-state index contributed by atoms with van der Waals surface area (Å²) in [6.07, 6.45) is 9.62. The maximum Gasteiger partial charge on any atom is 0.223 e. The third kappa shape index (κ3) is 2.99. The lowest BCUT2D eigenvalue weighted by Gasteiger charge is -2.23. The van der Waals surface area contributed by atoms with Crippen LogP contribution in [-0.2, 0) is 4.79 Å². The van der Waals surface area contributed by atoms with Gasteiger partial charge in [-0.25, -0.2) is 0 Å². The first-order chi connectivity index (χ1) is 7.57. The van der Waals surface area contributed by atoms with Gasteiger partial charge in [-0.15, -0.1) is 0 Å². The molecule has 2 aliphatic rings. The molecule has 1 unspecified atom stereocenters. The molecule has 0 aliphatic heterocycles. The molecular formula is C14H25NO. The van der Waals surface area contributed by atoms with Crippen LogP contribution in [0.2, 0.25) is 0 Å². The van der Waals surface area contributed by atoms with Crippen LogP contribution < -0.4 is 5.32 Å². The van der Waals surface area contributed by atoms with Gasteiger partial charge >= 0.3 is 0 Å². The smallest absolute Gasteiger partial charge is 0.223 e. The SMILES string of the molecule is CC1(C)CCC(NC(=O)C2CCCCC2)C1. The Morgan fingerprint density at radius 1 is 1.12 bits per heavy atom. The van der Waals surface area contributed by atoms with Crippen molar-refractivity contribution in [1.82, 2.24) is 5.32 Å². The predicted molar refractivity (Wildman–Crippen MR) is 66.1 cm³/mol. The van der Waals surface area contributed by atoms with Gasteiger partial charge in [0, 0.05) is 12.0 Å². The molecule has 1 atom stereocenters. The van der Waals surface area contributed by atoms with Crippen molar-refractivity contribution in [3.63, 3.8) is 0 Å². The van der Waals surface area contributed by atoms with E-state index < -0.39 is 0 Å². The third-order valence-electron chi connectivity index (χ3n) is 4.29. The van der Waals surface area contributed by atoms with Gasteiger partial charge in [0.05, 0.1) is 0 Å². The number of hydrogen-bond acceptors (Lipinski definition) is 1. The number of carbonyl (C=O) groups is 1. The standard InChI is InChI=1S/C14H25NO/c1-14(2)9-8-12(10-14)15-13(16)11-6-4-3-5-7-11/h11-12H,3-10H2,1-2H3,(H,15,16). The van der Waals surface area contributed by atoms with Crippen LogP contribution in [0.3, 0.4) is 0 Å². The monoisotopic (exact) mass is 223 g/mol. The average molecular weight is 223 g/mol. The summed E-state index contributed by atoms with van der Waals surface area (Å²) in [4.78, 5) is 12.1. The Kier molecular flexibility index (Phi) is 3.56. The number of amides is 1. The summed E-state index contributed by atoms with van der Waals surface area (Å²) in [6.45, 7) is 4.61. The molecule has 0 aromatic carbocycles. The molecule has 92 valence electrons. The van der Waals surface area contributed by atoms with Gasteiger partial charge in [0.1, 0.15) is 0 Å². The van der Waals surface area contributed by atoms with Crippen molar-refractivity contribution in [3.8, 4) is 0 Å². The Bertz CT molecular complexity index is 253. The molecule has 0 aromatic rings. The van der Waals surface area contributed by atoms with Gasteiger partial charge in [0.15, 0.2) is 0 Å². The summed E-state index contributed by atoms with van der Waals surface area (Å²) in [7, 11) is 0. The first-order valence-corrected chi connectivity index (χ1v) is 6.87. The van der Waals surface area contributed by atoms with Crippen LogP contribution in [-0.4, -0.2) is 11.9 Å². The molecule has 0 saturated heterocycles. The fourth-order valence-corrected chi connectivity index (χ4v) is 3.24. The molecule has 2 aliphatic carbocycles. The molecule has 1 N–H and O–H groups in total. The number of rotatable bonds is 2. The Hall–Kier alpha value is -0.530. The Morgan fingerprint density at radius 3 is 2.38 bits per heavy atom. The first-order valence-electron chi connectivity index (χ1n) is 6.87. The third-order valence-corrected chi connectivity index (χ3v) is 4.29. The van der Waals surface area contributed by atoms with Crippen molar-refractivity contribution in [3.05, 3.63) is 0 Å². The van der Waals surface area contributed by atoms with E-state index in [-0.39, 0.29) is 0 Å². The van der Waals surface area contributed by atoms with Crippen molar-refractivity contribution in [2.75, 3.05) is 0 Å². The zero-order chi connectivity index (χ0) is 11.6. The molecule has 16 heavy (non-hydrogen) atoms. The molecule has 0 heterocycles. The van der Waals surface area contributed by atoms with Gasteiger partial charge in [-0.05, 0) is 37.5 Å². The molecule has 2 heteroatoms. The lowest BCUT2D eigenvalue weighted by Crippen LogP contribution is -2.38. The largest absolute Gasteiger partial charge is 0.353 e. The fraction of sp³-hybridized carbons (Fsp3) is 0.929. The molecule has 2 saturated carbocycles. The quantitative estimate of drug-likeness (QED) is 0.765. The van der Waals surface area contributed by atoms with Gasteiger partial charge in [-0.1, -0.05) is 33.1 Å². The highest BCUT2D eigenvalue weighted by Gasteiger charge is 2.33. The molecule has 0 aromatic heterocycles. The summed E-state index contributed by atoms with van der Waals surface area (Å²) in [5.74, 6) is 0.653. The van der Waals surface area contributed by atoms with E-state index in [0.29, 0.717) is 23.3 Å². The summed E-state index contributed by atoms with van der Waals surface area (Å²) in [5.41, 5.74) is 0.435. The van der Waals surface area contributed by atoms with Crippen LogP contribution in [0.4, 0.5) is 0 Å². The van der Waals surface area contributed by atoms with Gasteiger partial charge in [0.2, 0.25) is 5.91 Å². The van der Waals surface area contributed by atoms with Gasteiger partial charge < -0.3 is 5.32 Å². The van der Waals surface area contributed by atoms with E-state index in [9.17, 15) is 4.79 Å². The summed E-state index contributed by atoms with van der Waals surface area (Å²) in [5, 5.41) is 3.27. The summed E-state index contributed by atoms with van der Waals surface area (Å²) < 4.78 is 0. The van der Waals surface area contributed by atoms with Crippen LogP contribution in [0.5, 0.6) is 0 Å². The lowest BCUT2D eigenvalue weighted by molar-refractivity contribution is -0.126. The Balaban J connectivity index is 1.79. The van der Waals surface area contributed by atoms with Gasteiger partial charge in [-0.3, -0.25) is 4.79 Å². The van der Waals surface area contributed by atoms with Gasteiger partial charge in [-0.2, -0.15) is 0 Å². The first kappa shape index (κ1) is 11.9. The second-order valence-corrected chi connectivity index (χ2v) is 6.45. The highest BCUT2D eigenvalue weighted by atomic mass is 16.1. The Morgan fingerprint density at radius 2 is 1.81 bits per heavy atom. The maximum absolute atomic E-state index is 12.1. The topological polar surface area (TPSA) is 29.1 Å². The molecule has 0 bridgehead atoms. The van der Waals surface area contributed by atoms with Crippen molar-refractivity contribution in [1.29, 1.82) is 0 Å². The lowest BCUT2D eigenvalue weighted by atomic mass is 9.88. The maximum atomic E-state index is 12.1. The molecule has 1 amide bonds. The van der Waals surface area contributed by atoms with E-state index in [2.05, 4.69) is 19.2 Å². The van der Waals surface area contributed by atoms with Crippen molar-refractivity contribution >= 4 is 5.91 Å². The number of carbonyl (C=O) groups excluding carboxylic acids is 1. The minimum Gasteiger partial charge on any atom is -0.353 e. The van der Waals surface area contributed by atoms with Crippen LogP contribution in [0, 0.1) is 11.3 Å². The van der Waals surface area contributed by atoms with E-state index in [0.717, 1.165) is 19.3 Å². The van der Waals surface area contributed by atoms with Gasteiger partial charge in [0.25, 0.3) is 0 Å². The molecule has 2 fully saturated rings. The number of hydrogen-bond donors (Lipinski definition) is 1. The minimum atomic E-state index is 0.317. The highest BCUT2D eigenvalue weighted by Crippen LogP contribution is 2.37. The normalized spacial score (nSPS) is 30.2. The van der Waals surface area contributed by atoms with Crippen LogP contribution >= 0.6 is 0 Å². The average Bonchev–Trinajstić information content (AvgIpc) is 2.59. The molecule has 0 spiro atoms. The fourth-order valence-electron chi connectivity index (χ4n) is 3.24. The molecule has 2 rings (SSSR count). The van der Waals surface area contributed by atoms with E-state index in [1.807, 2.05) is 0 Å². The van der Waals surface area contributed by atoms with E-state index in [1.165, 1.54) is 32.1 Å². The zero-order valence-corrected chi connectivity index (χ0v) is 10.7. The second-order valence-electron chi connectivity index (χ2n) is 6.45. The van der Waals surface area contributed by atoms with Crippen molar-refractivity contribution < 1.29 is 4.79 Å². The molecule has 2 nitrogen and oxygen atoms in total. The molecule has 0 radical (unpaired) electrons. The van der Waals surface area contributed by atoms with E-state index in [4.69, 9.17) is 0 Å². The van der Waals surface area contributed by atoms with Crippen molar-refractivity contribution in [2.45, 2.75) is 71.3 Å². The Labute approximate surface area is 99.2 Å². The van der Waals surface area contributed by atoms with Crippen LogP contribution in [0.1, 0.15) is 65.2 Å². The van der Waals surface area contributed by atoms with E-state index in [1.54, 1.807) is 0 Å². The second kappa shape index (κ2) is 4.77. The highest BCUT2D eigenvalue weighted by molar-refractivity contribution is 5.79. The number of nitrogens with one attached hydrogen (secondary N) is 1. The zero-order valence-electron chi connectivity index (χ0n) is 10.7. The summed E-state index contributed by atoms with van der Waals surface area (Å²) >= 11 is 0.